The normalized spacial score (nSPS) is 21.1. The van der Waals surface area contributed by atoms with Crippen LogP contribution in [0.4, 0.5) is 5.69 Å². The Morgan fingerprint density at radius 3 is 3.18 bits per heavy atom. The molecular formula is C9H10ClN. The van der Waals surface area contributed by atoms with Crippen molar-refractivity contribution in [3.63, 3.8) is 0 Å². The van der Waals surface area contributed by atoms with Crippen LogP contribution in [-0.2, 0) is 0 Å². The van der Waals surface area contributed by atoms with Crippen LogP contribution >= 0.6 is 11.6 Å². The van der Waals surface area contributed by atoms with Gasteiger partial charge in [0, 0.05) is 23.2 Å². The summed E-state index contributed by atoms with van der Waals surface area (Å²) >= 11 is 5.83. The van der Waals surface area contributed by atoms with Gasteiger partial charge in [-0.15, -0.1) is 0 Å². The van der Waals surface area contributed by atoms with Crippen LogP contribution in [0.1, 0.15) is 18.4 Å². The molecule has 0 aliphatic carbocycles. The highest BCUT2D eigenvalue weighted by molar-refractivity contribution is 6.30. The maximum absolute atomic E-state index is 5.83. The van der Waals surface area contributed by atoms with Crippen LogP contribution in [0.2, 0.25) is 5.02 Å². The maximum atomic E-state index is 5.83. The number of hydrogen-bond donors (Lipinski definition) is 1. The zero-order valence-electron chi connectivity index (χ0n) is 6.39. The molecule has 1 aliphatic rings. The lowest BCUT2D eigenvalue weighted by Crippen LogP contribution is -1.95. The minimum atomic E-state index is 0.627. The lowest BCUT2D eigenvalue weighted by molar-refractivity contribution is 0.854. The molecule has 1 N–H and O–H groups in total. The predicted molar refractivity (Wildman–Crippen MR) is 48.4 cm³/mol. The second-order valence-corrected chi connectivity index (χ2v) is 3.45. The summed E-state index contributed by atoms with van der Waals surface area (Å²) in [5.74, 6) is 0.627. The van der Waals surface area contributed by atoms with E-state index in [0.717, 1.165) is 11.6 Å². The van der Waals surface area contributed by atoms with Crippen molar-refractivity contribution < 1.29 is 0 Å². The van der Waals surface area contributed by atoms with Gasteiger partial charge >= 0.3 is 0 Å². The molecule has 0 saturated carbocycles. The van der Waals surface area contributed by atoms with Crippen LogP contribution in [0.5, 0.6) is 0 Å². The predicted octanol–water partition coefficient (Wildman–Crippen LogP) is 2.87. The monoisotopic (exact) mass is 167 g/mol. The third-order valence-electron chi connectivity index (χ3n) is 2.14. The smallest absolute Gasteiger partial charge is 0.0426 e. The summed E-state index contributed by atoms with van der Waals surface area (Å²) in [6.45, 7) is 3.25. The molecule has 0 aromatic heterocycles. The molecule has 1 nitrogen and oxygen atoms in total. The summed E-state index contributed by atoms with van der Waals surface area (Å²) < 4.78 is 0. The van der Waals surface area contributed by atoms with E-state index < -0.39 is 0 Å². The molecule has 1 atom stereocenters. The number of hydrogen-bond acceptors (Lipinski definition) is 1. The molecule has 0 spiro atoms. The topological polar surface area (TPSA) is 12.0 Å². The molecule has 0 fully saturated rings. The number of rotatable bonds is 0. The first-order valence-corrected chi connectivity index (χ1v) is 4.18. The van der Waals surface area contributed by atoms with Gasteiger partial charge in [-0.2, -0.15) is 0 Å². The van der Waals surface area contributed by atoms with Crippen molar-refractivity contribution in [1.29, 1.82) is 0 Å². The molecule has 1 aliphatic heterocycles. The Kier molecular flexibility index (Phi) is 1.53. The quantitative estimate of drug-likeness (QED) is 0.627. The third kappa shape index (κ3) is 1.10. The van der Waals surface area contributed by atoms with E-state index in [4.69, 9.17) is 11.6 Å². The molecule has 2 heteroatoms. The first kappa shape index (κ1) is 6.99. The van der Waals surface area contributed by atoms with Gasteiger partial charge in [0.2, 0.25) is 0 Å². The van der Waals surface area contributed by atoms with E-state index in [-0.39, 0.29) is 0 Å². The maximum Gasteiger partial charge on any atom is 0.0426 e. The number of nitrogens with one attached hydrogen (secondary N) is 1. The largest absolute Gasteiger partial charge is 0.384 e. The molecule has 1 heterocycles. The van der Waals surface area contributed by atoms with Gasteiger partial charge in [-0.3, -0.25) is 0 Å². The van der Waals surface area contributed by atoms with E-state index in [9.17, 15) is 0 Å². The third-order valence-corrected chi connectivity index (χ3v) is 2.38. The average molecular weight is 168 g/mol. The van der Waals surface area contributed by atoms with Crippen LogP contribution < -0.4 is 5.32 Å². The number of halogens is 1. The summed E-state index contributed by atoms with van der Waals surface area (Å²) in [6.07, 6.45) is 0. The standard InChI is InChI=1S/C9H10ClN/c1-6-5-11-9-4-7(10)2-3-8(6)9/h2-4,6,11H,5H2,1H3. The Balaban J connectivity index is 2.50. The van der Waals surface area contributed by atoms with E-state index in [2.05, 4.69) is 18.3 Å². The second-order valence-electron chi connectivity index (χ2n) is 3.01. The van der Waals surface area contributed by atoms with Gasteiger partial charge in [0.25, 0.3) is 0 Å². The molecule has 1 unspecified atom stereocenters. The van der Waals surface area contributed by atoms with Gasteiger partial charge in [0.15, 0.2) is 0 Å². The minimum absolute atomic E-state index is 0.627. The fourth-order valence-electron chi connectivity index (χ4n) is 1.48. The zero-order valence-corrected chi connectivity index (χ0v) is 7.15. The van der Waals surface area contributed by atoms with Crippen molar-refractivity contribution in [2.75, 3.05) is 11.9 Å². The lowest BCUT2D eigenvalue weighted by Gasteiger charge is -2.00. The number of fused-ring (bicyclic) bond motifs is 1. The van der Waals surface area contributed by atoms with Gasteiger partial charge in [-0.05, 0) is 17.7 Å². The van der Waals surface area contributed by atoms with E-state index in [0.29, 0.717) is 5.92 Å². The van der Waals surface area contributed by atoms with Crippen LogP contribution in [0.3, 0.4) is 0 Å². The Morgan fingerprint density at radius 2 is 2.36 bits per heavy atom. The molecule has 2 rings (SSSR count). The van der Waals surface area contributed by atoms with E-state index in [1.54, 1.807) is 0 Å². The fourth-order valence-corrected chi connectivity index (χ4v) is 1.66. The van der Waals surface area contributed by atoms with Crippen molar-refractivity contribution in [3.8, 4) is 0 Å². The molecule has 11 heavy (non-hydrogen) atoms. The highest BCUT2D eigenvalue weighted by Gasteiger charge is 2.16. The van der Waals surface area contributed by atoms with Gasteiger partial charge in [0.1, 0.15) is 0 Å². The summed E-state index contributed by atoms with van der Waals surface area (Å²) in [6, 6.07) is 6.03. The van der Waals surface area contributed by atoms with Crippen LogP contribution in [0, 0.1) is 0 Å². The average Bonchev–Trinajstić information content (AvgIpc) is 2.32. The van der Waals surface area contributed by atoms with Crippen molar-refractivity contribution >= 4 is 17.3 Å². The first-order chi connectivity index (χ1) is 5.27. The molecule has 0 saturated heterocycles. The Morgan fingerprint density at radius 1 is 1.55 bits per heavy atom. The molecule has 0 amide bonds. The van der Waals surface area contributed by atoms with Crippen LogP contribution in [0.15, 0.2) is 18.2 Å². The molecule has 1 aromatic rings. The molecular weight excluding hydrogens is 158 g/mol. The van der Waals surface area contributed by atoms with Gasteiger partial charge < -0.3 is 5.32 Å². The van der Waals surface area contributed by atoms with Gasteiger partial charge in [-0.1, -0.05) is 24.6 Å². The highest BCUT2D eigenvalue weighted by Crippen LogP contribution is 2.32. The SMILES string of the molecule is CC1CNc2cc(Cl)ccc21. The number of benzene rings is 1. The first-order valence-electron chi connectivity index (χ1n) is 3.80. The Labute approximate surface area is 71.4 Å². The molecule has 0 radical (unpaired) electrons. The van der Waals surface area contributed by atoms with Crippen molar-refractivity contribution in [3.05, 3.63) is 28.8 Å². The lowest BCUT2D eigenvalue weighted by atomic mass is 10.0. The van der Waals surface area contributed by atoms with Gasteiger partial charge in [0.05, 0.1) is 0 Å². The van der Waals surface area contributed by atoms with E-state index >= 15 is 0 Å². The van der Waals surface area contributed by atoms with Crippen LogP contribution in [-0.4, -0.2) is 6.54 Å². The van der Waals surface area contributed by atoms with Gasteiger partial charge in [-0.25, -0.2) is 0 Å². The van der Waals surface area contributed by atoms with Crippen LogP contribution in [0.25, 0.3) is 0 Å². The van der Waals surface area contributed by atoms with Crippen molar-refractivity contribution in [1.82, 2.24) is 0 Å². The van der Waals surface area contributed by atoms with Crippen molar-refractivity contribution in [2.24, 2.45) is 0 Å². The van der Waals surface area contributed by atoms with Crippen molar-refractivity contribution in [2.45, 2.75) is 12.8 Å². The summed E-state index contributed by atoms with van der Waals surface area (Å²) in [7, 11) is 0. The fraction of sp³-hybridized carbons (Fsp3) is 0.333. The summed E-state index contributed by atoms with van der Waals surface area (Å²) in [5.41, 5.74) is 2.58. The summed E-state index contributed by atoms with van der Waals surface area (Å²) in [5, 5.41) is 4.12. The highest BCUT2D eigenvalue weighted by atomic mass is 35.5. The number of anilines is 1. The molecule has 1 aromatic carbocycles. The minimum Gasteiger partial charge on any atom is -0.384 e. The van der Waals surface area contributed by atoms with E-state index in [1.165, 1.54) is 11.3 Å². The molecule has 58 valence electrons. The summed E-state index contributed by atoms with van der Waals surface area (Å²) in [4.78, 5) is 0. The zero-order chi connectivity index (χ0) is 7.84. The van der Waals surface area contributed by atoms with E-state index in [1.807, 2.05) is 12.1 Å². The Bertz CT molecular complexity index is 283. The Hall–Kier alpha value is -0.690. The molecule has 0 bridgehead atoms. The second kappa shape index (κ2) is 2.42.